The Balaban J connectivity index is 1.81. The number of aryl methyl sites for hydroxylation is 2. The smallest absolute Gasteiger partial charge is 0.255 e. The van der Waals surface area contributed by atoms with Crippen molar-refractivity contribution in [2.75, 3.05) is 20.3 Å². The number of methoxy groups -OCH3 is 1. The van der Waals surface area contributed by atoms with E-state index >= 15 is 0 Å². The molecule has 7 nitrogen and oxygen atoms in total. The lowest BCUT2D eigenvalue weighted by Gasteiger charge is -2.23. The molecule has 4 heterocycles. The largest absolute Gasteiger partial charge is 0.383 e. The lowest BCUT2D eigenvalue weighted by molar-refractivity contribution is 0.0680. The molecule has 0 N–H and O–H groups in total. The van der Waals surface area contributed by atoms with Crippen LogP contribution in [0.2, 0.25) is 0 Å². The van der Waals surface area contributed by atoms with Crippen LogP contribution >= 0.6 is 11.3 Å². The number of carbonyl (C=O) groups excluding carboxylic acids is 1. The highest BCUT2D eigenvalue weighted by atomic mass is 32.1. The minimum absolute atomic E-state index is 0.0843. The Bertz CT molecular complexity index is 1160. The Morgan fingerprint density at radius 1 is 1.27 bits per heavy atom. The lowest BCUT2D eigenvalue weighted by Crippen LogP contribution is -2.34. The van der Waals surface area contributed by atoms with Gasteiger partial charge in [0.25, 0.3) is 5.91 Å². The fourth-order valence-electron chi connectivity index (χ4n) is 3.48. The van der Waals surface area contributed by atoms with E-state index in [2.05, 4.69) is 10.1 Å². The fraction of sp³-hybridized carbons (Fsp3) is 0.273. The third-order valence-electron chi connectivity index (χ3n) is 4.90. The number of pyridine rings is 2. The minimum Gasteiger partial charge on any atom is -0.383 e. The molecular weight excluding hydrogens is 398 g/mol. The van der Waals surface area contributed by atoms with Crippen molar-refractivity contribution >= 4 is 28.3 Å². The summed E-state index contributed by atoms with van der Waals surface area (Å²) in [4.78, 5) is 25.7. The number of aromatic nitrogens is 4. The number of rotatable bonds is 7. The number of carbonyl (C=O) groups is 1. The fourth-order valence-corrected chi connectivity index (χ4v) is 4.16. The Labute approximate surface area is 179 Å². The number of nitrogens with zero attached hydrogens (tertiary/aromatic N) is 5. The summed E-state index contributed by atoms with van der Waals surface area (Å²) in [7, 11) is 3.49. The average Bonchev–Trinajstić information content (AvgIpc) is 3.39. The molecule has 0 aliphatic carbocycles. The van der Waals surface area contributed by atoms with Gasteiger partial charge >= 0.3 is 0 Å². The molecule has 0 atom stereocenters. The molecule has 1 amide bonds. The van der Waals surface area contributed by atoms with Crippen LogP contribution in [-0.4, -0.2) is 50.8 Å². The maximum absolute atomic E-state index is 13.7. The summed E-state index contributed by atoms with van der Waals surface area (Å²) in [6, 6.07) is 11.6. The van der Waals surface area contributed by atoms with Crippen LogP contribution in [0.4, 0.5) is 0 Å². The zero-order chi connectivity index (χ0) is 21.1. The Kier molecular flexibility index (Phi) is 5.87. The molecule has 8 heteroatoms. The van der Waals surface area contributed by atoms with Crippen LogP contribution in [0.25, 0.3) is 21.6 Å². The van der Waals surface area contributed by atoms with Gasteiger partial charge < -0.3 is 9.64 Å². The van der Waals surface area contributed by atoms with Crippen LogP contribution in [0.5, 0.6) is 0 Å². The van der Waals surface area contributed by atoms with Gasteiger partial charge in [0.2, 0.25) is 0 Å². The van der Waals surface area contributed by atoms with Crippen molar-refractivity contribution in [2.24, 2.45) is 7.05 Å². The summed E-state index contributed by atoms with van der Waals surface area (Å²) in [5.41, 5.74) is 3.68. The van der Waals surface area contributed by atoms with Gasteiger partial charge in [-0.15, -0.1) is 11.3 Å². The van der Waals surface area contributed by atoms with E-state index in [1.165, 1.54) is 0 Å². The van der Waals surface area contributed by atoms with E-state index in [0.29, 0.717) is 30.9 Å². The molecule has 0 saturated carbocycles. The summed E-state index contributed by atoms with van der Waals surface area (Å²) >= 11 is 1.60. The first kappa shape index (κ1) is 20.2. The summed E-state index contributed by atoms with van der Waals surface area (Å²) < 4.78 is 6.99. The molecule has 4 aromatic heterocycles. The number of amides is 1. The van der Waals surface area contributed by atoms with E-state index in [0.717, 1.165) is 27.3 Å². The molecule has 154 valence electrons. The molecule has 4 rings (SSSR count). The van der Waals surface area contributed by atoms with Gasteiger partial charge in [0.05, 0.1) is 46.1 Å². The highest BCUT2D eigenvalue weighted by Crippen LogP contribution is 2.30. The summed E-state index contributed by atoms with van der Waals surface area (Å²) in [5.74, 6) is -0.0843. The molecule has 0 saturated heterocycles. The number of ether oxygens (including phenoxy) is 1. The van der Waals surface area contributed by atoms with Crippen LogP contribution in [0.1, 0.15) is 21.7 Å². The van der Waals surface area contributed by atoms with Gasteiger partial charge in [-0.05, 0) is 36.6 Å². The first-order valence-corrected chi connectivity index (χ1v) is 10.5. The minimum atomic E-state index is -0.0843. The first-order chi connectivity index (χ1) is 14.6. The van der Waals surface area contributed by atoms with Gasteiger partial charge in [-0.25, -0.2) is 4.98 Å². The summed E-state index contributed by atoms with van der Waals surface area (Å²) in [5, 5.41) is 7.30. The van der Waals surface area contributed by atoms with E-state index in [1.54, 1.807) is 34.2 Å². The van der Waals surface area contributed by atoms with E-state index < -0.39 is 0 Å². The third-order valence-corrected chi connectivity index (χ3v) is 5.80. The molecule has 0 bridgehead atoms. The number of hydrogen-bond acceptors (Lipinski definition) is 6. The van der Waals surface area contributed by atoms with E-state index in [9.17, 15) is 4.79 Å². The second-order valence-corrected chi connectivity index (χ2v) is 7.93. The van der Waals surface area contributed by atoms with Gasteiger partial charge in [0.15, 0.2) is 5.65 Å². The molecule has 4 aromatic rings. The lowest BCUT2D eigenvalue weighted by atomic mass is 10.1. The Hall–Kier alpha value is -3.10. The van der Waals surface area contributed by atoms with Gasteiger partial charge in [0.1, 0.15) is 0 Å². The van der Waals surface area contributed by atoms with Gasteiger partial charge in [-0.1, -0.05) is 12.1 Å². The van der Waals surface area contributed by atoms with E-state index in [4.69, 9.17) is 9.72 Å². The third kappa shape index (κ3) is 3.96. The molecule has 0 aliphatic rings. The number of fused-ring (bicyclic) bond motifs is 1. The number of thiophene rings is 1. The number of hydrogen-bond donors (Lipinski definition) is 0. The highest BCUT2D eigenvalue weighted by molar-refractivity contribution is 7.13. The molecule has 0 spiro atoms. The molecule has 30 heavy (non-hydrogen) atoms. The normalized spacial score (nSPS) is 11.2. The predicted octanol–water partition coefficient (Wildman–Crippen LogP) is 3.69. The van der Waals surface area contributed by atoms with Gasteiger partial charge in [-0.2, -0.15) is 5.10 Å². The van der Waals surface area contributed by atoms with Crippen LogP contribution in [0.15, 0.2) is 48.0 Å². The van der Waals surface area contributed by atoms with Crippen LogP contribution in [-0.2, 0) is 18.3 Å². The molecule has 0 aromatic carbocycles. The maximum atomic E-state index is 13.7. The molecule has 0 fully saturated rings. The Morgan fingerprint density at radius 2 is 2.13 bits per heavy atom. The second-order valence-electron chi connectivity index (χ2n) is 6.98. The van der Waals surface area contributed by atoms with Crippen molar-refractivity contribution in [2.45, 2.75) is 13.5 Å². The van der Waals surface area contributed by atoms with Crippen molar-refractivity contribution in [1.29, 1.82) is 0 Å². The standard InChI is InChI=1S/C22H23N5O2S/c1-15-20-17(13-18(19-8-6-12-30-19)24-21(20)26(2)25-15)22(28)27(10-11-29-3)14-16-7-4-5-9-23-16/h4-9,12-13H,10-11,14H2,1-3H3. The second kappa shape index (κ2) is 8.73. The topological polar surface area (TPSA) is 73.1 Å². The van der Waals surface area contributed by atoms with Gasteiger partial charge in [-0.3, -0.25) is 14.5 Å². The average molecular weight is 422 g/mol. The maximum Gasteiger partial charge on any atom is 0.255 e. The molecule has 0 radical (unpaired) electrons. The zero-order valence-electron chi connectivity index (χ0n) is 17.2. The summed E-state index contributed by atoms with van der Waals surface area (Å²) in [6.07, 6.45) is 1.74. The monoisotopic (exact) mass is 421 g/mol. The Morgan fingerprint density at radius 3 is 2.83 bits per heavy atom. The van der Waals surface area contributed by atoms with Crippen molar-refractivity contribution in [3.05, 3.63) is 64.9 Å². The van der Waals surface area contributed by atoms with Crippen LogP contribution < -0.4 is 0 Å². The molecular formula is C22H23N5O2S. The van der Waals surface area contributed by atoms with E-state index in [-0.39, 0.29) is 5.91 Å². The quantitative estimate of drug-likeness (QED) is 0.455. The van der Waals surface area contributed by atoms with Crippen molar-refractivity contribution < 1.29 is 9.53 Å². The van der Waals surface area contributed by atoms with Crippen molar-refractivity contribution in [3.63, 3.8) is 0 Å². The highest BCUT2D eigenvalue weighted by Gasteiger charge is 2.24. The first-order valence-electron chi connectivity index (χ1n) is 9.65. The van der Waals surface area contributed by atoms with Gasteiger partial charge in [0, 0.05) is 26.9 Å². The zero-order valence-corrected chi connectivity index (χ0v) is 18.0. The van der Waals surface area contributed by atoms with Crippen LogP contribution in [0, 0.1) is 6.92 Å². The summed E-state index contributed by atoms with van der Waals surface area (Å²) in [6.45, 7) is 3.21. The van der Waals surface area contributed by atoms with Crippen LogP contribution in [0.3, 0.4) is 0 Å². The molecule has 0 aliphatic heterocycles. The van der Waals surface area contributed by atoms with Crippen molar-refractivity contribution in [1.82, 2.24) is 24.6 Å². The predicted molar refractivity (Wildman–Crippen MR) is 117 cm³/mol. The van der Waals surface area contributed by atoms with E-state index in [1.807, 2.05) is 55.7 Å². The van der Waals surface area contributed by atoms with Crippen molar-refractivity contribution in [3.8, 4) is 10.6 Å². The molecule has 0 unspecified atom stereocenters. The SMILES string of the molecule is COCCN(Cc1ccccn1)C(=O)c1cc(-c2cccs2)nc2c1c(C)nn2C.